The van der Waals surface area contributed by atoms with E-state index in [4.69, 9.17) is 14.4 Å². The van der Waals surface area contributed by atoms with Gasteiger partial charge in [-0.2, -0.15) is 0 Å². The average molecular weight is 278 g/mol. The van der Waals surface area contributed by atoms with Crippen LogP contribution in [0.1, 0.15) is 43.6 Å². The van der Waals surface area contributed by atoms with Gasteiger partial charge in [-0.25, -0.2) is 4.79 Å². The maximum atomic E-state index is 11.0. The van der Waals surface area contributed by atoms with E-state index < -0.39 is 24.3 Å². The van der Waals surface area contributed by atoms with E-state index in [9.17, 15) is 9.90 Å². The van der Waals surface area contributed by atoms with Crippen LogP contribution in [0.5, 0.6) is 5.75 Å². The Balaban J connectivity index is 2.16. The highest BCUT2D eigenvalue weighted by molar-refractivity contribution is 6.45. The highest BCUT2D eigenvalue weighted by Gasteiger charge is 2.50. The molecule has 0 aliphatic carbocycles. The number of hydrogen-bond acceptors (Lipinski definition) is 4. The molecule has 1 aromatic rings. The van der Waals surface area contributed by atoms with Crippen molar-refractivity contribution in [2.45, 2.75) is 45.2 Å². The quantitative estimate of drug-likeness (QED) is 0.829. The van der Waals surface area contributed by atoms with Gasteiger partial charge >= 0.3 is 13.1 Å². The number of hydrogen-bond donors (Lipinski definition) is 2. The third-order valence-corrected chi connectivity index (χ3v) is 4.00. The third kappa shape index (κ3) is 2.67. The van der Waals surface area contributed by atoms with Gasteiger partial charge in [-0.05, 0) is 45.4 Å². The summed E-state index contributed by atoms with van der Waals surface area (Å²) in [5.74, 6) is -1.39. The topological polar surface area (TPSA) is 76.0 Å². The number of rotatable bonds is 3. The Morgan fingerprint density at radius 3 is 2.25 bits per heavy atom. The van der Waals surface area contributed by atoms with E-state index in [1.54, 1.807) is 6.07 Å². The van der Waals surface area contributed by atoms with Gasteiger partial charge in [0.15, 0.2) is 0 Å². The molecule has 0 aromatic heterocycles. The van der Waals surface area contributed by atoms with Crippen LogP contribution in [0, 0.1) is 0 Å². The Labute approximate surface area is 118 Å². The van der Waals surface area contributed by atoms with Crippen molar-refractivity contribution >= 4 is 13.1 Å². The van der Waals surface area contributed by atoms with Crippen molar-refractivity contribution in [1.29, 1.82) is 0 Å². The SMILES string of the molecule is CC1(C)OB(Cc2ccc(O)c(C(=O)O)c2)OC1(C)C. The van der Waals surface area contributed by atoms with Crippen molar-refractivity contribution in [3.05, 3.63) is 29.3 Å². The summed E-state index contributed by atoms with van der Waals surface area (Å²) in [6.07, 6.45) is 0.438. The lowest BCUT2D eigenvalue weighted by Gasteiger charge is -2.32. The first-order valence-corrected chi connectivity index (χ1v) is 6.53. The minimum Gasteiger partial charge on any atom is -0.507 e. The maximum Gasteiger partial charge on any atom is 0.462 e. The summed E-state index contributed by atoms with van der Waals surface area (Å²) < 4.78 is 11.7. The number of aromatic carboxylic acids is 1. The summed E-state index contributed by atoms with van der Waals surface area (Å²) in [6.45, 7) is 7.86. The molecule has 5 nitrogen and oxygen atoms in total. The highest BCUT2D eigenvalue weighted by Crippen LogP contribution is 2.37. The van der Waals surface area contributed by atoms with E-state index in [-0.39, 0.29) is 11.3 Å². The molecule has 0 radical (unpaired) electrons. The molecule has 1 aliphatic rings. The zero-order valence-electron chi connectivity index (χ0n) is 12.1. The van der Waals surface area contributed by atoms with Crippen LogP contribution in [-0.2, 0) is 15.6 Å². The summed E-state index contributed by atoms with van der Waals surface area (Å²) in [5.41, 5.74) is -0.188. The number of benzene rings is 1. The molecule has 0 bridgehead atoms. The van der Waals surface area contributed by atoms with Crippen LogP contribution in [0.2, 0.25) is 0 Å². The van der Waals surface area contributed by atoms with Crippen LogP contribution in [0.4, 0.5) is 0 Å². The fourth-order valence-corrected chi connectivity index (χ4v) is 2.12. The minimum atomic E-state index is -1.15. The maximum absolute atomic E-state index is 11.0. The van der Waals surface area contributed by atoms with Crippen LogP contribution >= 0.6 is 0 Å². The smallest absolute Gasteiger partial charge is 0.462 e. The average Bonchev–Trinajstić information content (AvgIpc) is 2.49. The Hall–Kier alpha value is -1.53. The zero-order valence-corrected chi connectivity index (χ0v) is 12.1. The lowest BCUT2D eigenvalue weighted by molar-refractivity contribution is 0.00578. The predicted octanol–water partition coefficient (Wildman–Crippen LogP) is 2.26. The second-order valence-corrected chi connectivity index (χ2v) is 6.05. The van der Waals surface area contributed by atoms with Crippen molar-refractivity contribution in [1.82, 2.24) is 0 Å². The van der Waals surface area contributed by atoms with E-state index >= 15 is 0 Å². The Kier molecular flexibility index (Phi) is 3.56. The normalized spacial score (nSPS) is 20.1. The van der Waals surface area contributed by atoms with Crippen LogP contribution in [-0.4, -0.2) is 34.5 Å². The van der Waals surface area contributed by atoms with Crippen LogP contribution in [0.25, 0.3) is 0 Å². The van der Waals surface area contributed by atoms with Crippen molar-refractivity contribution in [2.24, 2.45) is 0 Å². The number of carboxylic acid groups (broad SMARTS) is 1. The predicted molar refractivity (Wildman–Crippen MR) is 74.9 cm³/mol. The number of carboxylic acids is 1. The Bertz CT molecular complexity index is 522. The molecule has 0 atom stereocenters. The molecule has 2 N–H and O–H groups in total. The van der Waals surface area contributed by atoms with Crippen molar-refractivity contribution in [2.75, 3.05) is 0 Å². The molecule has 1 aromatic carbocycles. The summed E-state index contributed by atoms with van der Waals surface area (Å²) in [6, 6.07) is 4.50. The van der Waals surface area contributed by atoms with Gasteiger partial charge in [0.05, 0.1) is 11.2 Å². The standard InChI is InChI=1S/C14H19BO5/c1-13(2)14(3,4)20-15(19-13)8-9-5-6-11(16)10(7-9)12(17)18/h5-7,16H,8H2,1-4H3,(H,17,18). The van der Waals surface area contributed by atoms with Gasteiger partial charge in [-0.15, -0.1) is 0 Å². The molecule has 1 aliphatic heterocycles. The van der Waals surface area contributed by atoms with E-state index in [1.165, 1.54) is 12.1 Å². The second-order valence-electron chi connectivity index (χ2n) is 6.05. The zero-order chi connectivity index (χ0) is 15.1. The largest absolute Gasteiger partial charge is 0.507 e. The number of carbonyl (C=O) groups is 1. The van der Waals surface area contributed by atoms with Gasteiger partial charge in [-0.1, -0.05) is 6.07 Å². The molecule has 0 unspecified atom stereocenters. The van der Waals surface area contributed by atoms with E-state index in [0.29, 0.717) is 6.32 Å². The monoisotopic (exact) mass is 278 g/mol. The van der Waals surface area contributed by atoms with Crippen molar-refractivity contribution in [3.8, 4) is 5.75 Å². The van der Waals surface area contributed by atoms with Gasteiger partial charge in [0.2, 0.25) is 0 Å². The van der Waals surface area contributed by atoms with Gasteiger partial charge in [0.1, 0.15) is 11.3 Å². The molecule has 1 saturated heterocycles. The molecule has 0 spiro atoms. The third-order valence-electron chi connectivity index (χ3n) is 4.00. The minimum absolute atomic E-state index is 0.112. The van der Waals surface area contributed by atoms with Gasteiger partial charge in [0, 0.05) is 6.32 Å². The highest BCUT2D eigenvalue weighted by atomic mass is 16.7. The van der Waals surface area contributed by atoms with Crippen molar-refractivity contribution in [3.63, 3.8) is 0 Å². The van der Waals surface area contributed by atoms with Gasteiger partial charge in [0.25, 0.3) is 0 Å². The molecular weight excluding hydrogens is 259 g/mol. The molecular formula is C14H19BO5. The fraction of sp³-hybridized carbons (Fsp3) is 0.500. The van der Waals surface area contributed by atoms with Gasteiger partial charge in [-0.3, -0.25) is 0 Å². The fourth-order valence-electron chi connectivity index (χ4n) is 2.12. The molecule has 1 heterocycles. The Morgan fingerprint density at radius 1 is 1.20 bits per heavy atom. The lowest BCUT2D eigenvalue weighted by atomic mass is 9.80. The lowest BCUT2D eigenvalue weighted by Crippen LogP contribution is -2.41. The van der Waals surface area contributed by atoms with E-state index in [1.807, 2.05) is 27.7 Å². The van der Waals surface area contributed by atoms with Crippen LogP contribution < -0.4 is 0 Å². The summed E-state index contributed by atoms with van der Waals surface area (Å²) >= 11 is 0. The van der Waals surface area contributed by atoms with Crippen LogP contribution in [0.3, 0.4) is 0 Å². The molecule has 108 valence electrons. The molecule has 20 heavy (non-hydrogen) atoms. The molecule has 2 rings (SSSR count). The second kappa shape index (κ2) is 4.79. The van der Waals surface area contributed by atoms with E-state index in [2.05, 4.69) is 0 Å². The Morgan fingerprint density at radius 2 is 1.75 bits per heavy atom. The number of aromatic hydroxyl groups is 1. The van der Waals surface area contributed by atoms with Crippen molar-refractivity contribution < 1.29 is 24.3 Å². The molecule has 6 heteroatoms. The molecule has 1 fully saturated rings. The summed E-state index contributed by atoms with van der Waals surface area (Å²) in [5, 5.41) is 18.5. The number of phenols is 1. The summed E-state index contributed by atoms with van der Waals surface area (Å²) in [7, 11) is -0.425. The first-order chi connectivity index (χ1) is 9.12. The molecule has 0 amide bonds. The first kappa shape index (κ1) is 14.9. The first-order valence-electron chi connectivity index (χ1n) is 6.53. The van der Waals surface area contributed by atoms with E-state index in [0.717, 1.165) is 5.56 Å². The van der Waals surface area contributed by atoms with Crippen LogP contribution in [0.15, 0.2) is 18.2 Å². The summed E-state index contributed by atoms with van der Waals surface area (Å²) in [4.78, 5) is 11.0. The molecule has 0 saturated carbocycles. The van der Waals surface area contributed by atoms with Gasteiger partial charge < -0.3 is 19.5 Å².